The zero-order valence-electron chi connectivity index (χ0n) is 16.8. The fourth-order valence-corrected chi connectivity index (χ4v) is 3.82. The topological polar surface area (TPSA) is 54.3 Å². The van der Waals surface area contributed by atoms with Crippen molar-refractivity contribution < 1.29 is 9.59 Å². The summed E-state index contributed by atoms with van der Waals surface area (Å²) >= 11 is 0. The SMILES string of the molecule is Cc1ccccc1C(=O)c1cccn1CC(=O)NCCCN1CCCCCC1. The number of ketones is 1. The molecule has 0 radical (unpaired) electrons. The van der Waals surface area contributed by atoms with Gasteiger partial charge in [0.25, 0.3) is 0 Å². The molecule has 0 bridgehead atoms. The van der Waals surface area contributed by atoms with Crippen molar-refractivity contribution in [2.24, 2.45) is 0 Å². The molecule has 0 atom stereocenters. The van der Waals surface area contributed by atoms with E-state index in [9.17, 15) is 9.59 Å². The summed E-state index contributed by atoms with van der Waals surface area (Å²) in [5.41, 5.74) is 2.17. The van der Waals surface area contributed by atoms with Crippen LogP contribution in [0.4, 0.5) is 0 Å². The third-order valence-electron chi connectivity index (χ3n) is 5.44. The van der Waals surface area contributed by atoms with Crippen LogP contribution < -0.4 is 5.32 Å². The zero-order chi connectivity index (χ0) is 19.8. The Hall–Kier alpha value is -2.40. The standard InChI is InChI=1S/C23H31N3O2/c1-19-10-4-5-11-20(19)23(28)21-12-8-17-26(21)18-22(27)24-13-9-16-25-14-6-2-3-7-15-25/h4-5,8,10-12,17H,2-3,6-7,9,13-16,18H2,1H3,(H,24,27). The Balaban J connectivity index is 1.48. The summed E-state index contributed by atoms with van der Waals surface area (Å²) in [4.78, 5) is 27.7. The molecular weight excluding hydrogens is 350 g/mol. The molecule has 5 nitrogen and oxygen atoms in total. The second kappa shape index (κ2) is 10.2. The lowest BCUT2D eigenvalue weighted by molar-refractivity contribution is -0.121. The van der Waals surface area contributed by atoms with Gasteiger partial charge in [-0.1, -0.05) is 37.1 Å². The molecule has 2 heterocycles. The minimum absolute atomic E-state index is 0.0444. The van der Waals surface area contributed by atoms with Gasteiger partial charge in [-0.25, -0.2) is 0 Å². The summed E-state index contributed by atoms with van der Waals surface area (Å²) < 4.78 is 1.74. The number of hydrogen-bond acceptors (Lipinski definition) is 3. The van der Waals surface area contributed by atoms with Crippen LogP contribution >= 0.6 is 0 Å². The number of nitrogens with zero attached hydrogens (tertiary/aromatic N) is 2. The van der Waals surface area contributed by atoms with Crippen LogP contribution in [0.5, 0.6) is 0 Å². The van der Waals surface area contributed by atoms with Crippen LogP contribution in [0.2, 0.25) is 0 Å². The van der Waals surface area contributed by atoms with E-state index in [1.807, 2.05) is 37.3 Å². The lowest BCUT2D eigenvalue weighted by atomic mass is 10.0. The Morgan fingerprint density at radius 3 is 2.50 bits per heavy atom. The number of benzene rings is 1. The quantitative estimate of drug-likeness (QED) is 0.563. The molecule has 1 aromatic heterocycles. The van der Waals surface area contributed by atoms with E-state index in [0.29, 0.717) is 17.8 Å². The summed E-state index contributed by atoms with van der Waals surface area (Å²) in [6, 6.07) is 11.1. The van der Waals surface area contributed by atoms with E-state index in [2.05, 4.69) is 10.2 Å². The number of hydrogen-bond donors (Lipinski definition) is 1. The molecule has 1 aliphatic rings. The van der Waals surface area contributed by atoms with Gasteiger partial charge in [0.2, 0.25) is 11.7 Å². The maximum absolute atomic E-state index is 12.8. The first-order valence-corrected chi connectivity index (χ1v) is 10.4. The first-order chi connectivity index (χ1) is 13.6. The predicted molar refractivity (Wildman–Crippen MR) is 112 cm³/mol. The third kappa shape index (κ3) is 5.55. The summed E-state index contributed by atoms with van der Waals surface area (Å²) in [6.07, 6.45) is 8.02. The number of nitrogens with one attached hydrogen (secondary N) is 1. The first-order valence-electron chi connectivity index (χ1n) is 10.4. The van der Waals surface area contributed by atoms with Crippen LogP contribution in [-0.4, -0.2) is 47.3 Å². The van der Waals surface area contributed by atoms with Crippen LogP contribution in [0, 0.1) is 6.92 Å². The van der Waals surface area contributed by atoms with Crippen molar-refractivity contribution in [1.82, 2.24) is 14.8 Å². The van der Waals surface area contributed by atoms with E-state index in [-0.39, 0.29) is 18.2 Å². The molecule has 1 aliphatic heterocycles. The summed E-state index contributed by atoms with van der Waals surface area (Å²) in [7, 11) is 0. The maximum atomic E-state index is 12.8. The highest BCUT2D eigenvalue weighted by molar-refractivity contribution is 6.09. The van der Waals surface area contributed by atoms with E-state index in [1.54, 1.807) is 16.8 Å². The minimum atomic E-state index is -0.0501. The summed E-state index contributed by atoms with van der Waals surface area (Å²) in [6.45, 7) is 6.18. The lowest BCUT2D eigenvalue weighted by Crippen LogP contribution is -2.32. The van der Waals surface area contributed by atoms with Gasteiger partial charge in [0.1, 0.15) is 6.54 Å². The lowest BCUT2D eigenvalue weighted by Gasteiger charge is -2.19. The molecule has 2 aromatic rings. The van der Waals surface area contributed by atoms with Crippen LogP contribution in [0.3, 0.4) is 0 Å². The zero-order valence-corrected chi connectivity index (χ0v) is 16.8. The monoisotopic (exact) mass is 381 g/mol. The van der Waals surface area contributed by atoms with Gasteiger partial charge in [-0.05, 0) is 63.5 Å². The molecule has 1 fully saturated rings. The van der Waals surface area contributed by atoms with Crippen molar-refractivity contribution in [2.45, 2.75) is 45.6 Å². The molecule has 0 saturated carbocycles. The highest BCUT2D eigenvalue weighted by Gasteiger charge is 2.16. The van der Waals surface area contributed by atoms with Gasteiger partial charge < -0.3 is 14.8 Å². The highest BCUT2D eigenvalue weighted by Crippen LogP contribution is 2.15. The number of rotatable bonds is 8. The number of carbonyl (C=O) groups excluding carboxylic acids is 2. The van der Waals surface area contributed by atoms with Crippen LogP contribution in [0.15, 0.2) is 42.6 Å². The number of carbonyl (C=O) groups is 2. The molecule has 5 heteroatoms. The summed E-state index contributed by atoms with van der Waals surface area (Å²) in [5, 5.41) is 3.00. The average molecular weight is 382 g/mol. The van der Waals surface area contributed by atoms with Crippen molar-refractivity contribution in [3.05, 3.63) is 59.4 Å². The van der Waals surface area contributed by atoms with Gasteiger partial charge in [0.05, 0.1) is 5.69 Å². The Bertz CT molecular complexity index is 789. The van der Waals surface area contributed by atoms with Crippen molar-refractivity contribution in [1.29, 1.82) is 0 Å². The van der Waals surface area contributed by atoms with Crippen molar-refractivity contribution in [3.8, 4) is 0 Å². The number of likely N-dealkylation sites (tertiary alicyclic amines) is 1. The fraction of sp³-hybridized carbons (Fsp3) is 0.478. The van der Waals surface area contributed by atoms with Crippen molar-refractivity contribution in [2.75, 3.05) is 26.2 Å². The van der Waals surface area contributed by atoms with Crippen molar-refractivity contribution >= 4 is 11.7 Å². The molecule has 3 rings (SSSR count). The smallest absolute Gasteiger partial charge is 0.239 e. The van der Waals surface area contributed by atoms with E-state index >= 15 is 0 Å². The predicted octanol–water partition coefficient (Wildman–Crippen LogP) is 3.41. The molecular formula is C23H31N3O2. The average Bonchev–Trinajstić information content (AvgIpc) is 2.98. The largest absolute Gasteiger partial charge is 0.355 e. The molecule has 150 valence electrons. The molecule has 0 aliphatic carbocycles. The molecule has 1 N–H and O–H groups in total. The third-order valence-corrected chi connectivity index (χ3v) is 5.44. The Morgan fingerprint density at radius 2 is 1.75 bits per heavy atom. The van der Waals surface area contributed by atoms with Gasteiger partial charge in [-0.15, -0.1) is 0 Å². The van der Waals surface area contributed by atoms with Crippen LogP contribution in [-0.2, 0) is 11.3 Å². The number of aryl methyl sites for hydroxylation is 1. The maximum Gasteiger partial charge on any atom is 0.239 e. The van der Waals surface area contributed by atoms with Gasteiger partial charge in [-0.3, -0.25) is 9.59 Å². The second-order valence-electron chi connectivity index (χ2n) is 7.62. The van der Waals surface area contributed by atoms with E-state index < -0.39 is 0 Å². The summed E-state index contributed by atoms with van der Waals surface area (Å²) in [5.74, 6) is -0.0945. The molecule has 28 heavy (non-hydrogen) atoms. The molecule has 1 amide bonds. The van der Waals surface area contributed by atoms with E-state index in [4.69, 9.17) is 0 Å². The van der Waals surface area contributed by atoms with Gasteiger partial charge in [0.15, 0.2) is 0 Å². The van der Waals surface area contributed by atoms with E-state index in [0.717, 1.165) is 18.5 Å². The van der Waals surface area contributed by atoms with Gasteiger partial charge in [0, 0.05) is 18.3 Å². The van der Waals surface area contributed by atoms with Crippen molar-refractivity contribution in [3.63, 3.8) is 0 Å². The number of aromatic nitrogens is 1. The normalized spacial score (nSPS) is 15.2. The Kier molecular flexibility index (Phi) is 7.43. The van der Waals surface area contributed by atoms with Crippen LogP contribution in [0.25, 0.3) is 0 Å². The van der Waals surface area contributed by atoms with E-state index in [1.165, 1.54) is 38.8 Å². The fourth-order valence-electron chi connectivity index (χ4n) is 3.82. The second-order valence-corrected chi connectivity index (χ2v) is 7.62. The Morgan fingerprint density at radius 1 is 1.00 bits per heavy atom. The Labute approximate surface area is 167 Å². The molecule has 1 saturated heterocycles. The molecule has 0 spiro atoms. The number of amides is 1. The minimum Gasteiger partial charge on any atom is -0.355 e. The first kappa shape index (κ1) is 20.3. The van der Waals surface area contributed by atoms with Gasteiger partial charge in [-0.2, -0.15) is 0 Å². The highest BCUT2D eigenvalue weighted by atomic mass is 16.2. The molecule has 1 aromatic carbocycles. The van der Waals surface area contributed by atoms with Gasteiger partial charge >= 0.3 is 0 Å². The van der Waals surface area contributed by atoms with Crippen LogP contribution in [0.1, 0.15) is 53.7 Å². The molecule has 0 unspecified atom stereocenters.